The Bertz CT molecular complexity index is 410. The molecule has 1 saturated carbocycles. The van der Waals surface area contributed by atoms with Gasteiger partial charge in [0, 0.05) is 12.6 Å². The third-order valence-corrected chi connectivity index (χ3v) is 3.67. The molecule has 0 aromatic heterocycles. The lowest BCUT2D eigenvalue weighted by Gasteiger charge is -2.31. The molecule has 3 nitrogen and oxygen atoms in total. The first-order valence-electron chi connectivity index (χ1n) is 6.68. The first-order valence-corrected chi connectivity index (χ1v) is 6.68. The second kappa shape index (κ2) is 5.11. The topological polar surface area (TPSA) is 46.3 Å². The molecule has 0 spiro atoms. The van der Waals surface area contributed by atoms with Crippen molar-refractivity contribution in [3.8, 4) is 0 Å². The number of benzene rings is 1. The highest BCUT2D eigenvalue weighted by molar-refractivity contribution is 5.86. The van der Waals surface area contributed by atoms with E-state index in [4.69, 9.17) is 5.73 Å². The van der Waals surface area contributed by atoms with Crippen LogP contribution in [-0.4, -0.2) is 22.4 Å². The molecule has 1 atom stereocenters. The number of amides is 1. The SMILES string of the molecule is CCC(C)(N)C(=O)N(Cc1ccccc1)C1CC1. The van der Waals surface area contributed by atoms with Crippen molar-refractivity contribution < 1.29 is 4.79 Å². The van der Waals surface area contributed by atoms with Gasteiger partial charge in [0.1, 0.15) is 0 Å². The number of nitrogens with zero attached hydrogens (tertiary/aromatic N) is 1. The molecule has 1 unspecified atom stereocenters. The Labute approximate surface area is 109 Å². The van der Waals surface area contributed by atoms with Crippen molar-refractivity contribution in [1.29, 1.82) is 0 Å². The summed E-state index contributed by atoms with van der Waals surface area (Å²) in [5, 5.41) is 0. The molecule has 0 aliphatic heterocycles. The smallest absolute Gasteiger partial charge is 0.242 e. The Morgan fingerprint density at radius 2 is 2.00 bits per heavy atom. The highest BCUT2D eigenvalue weighted by Gasteiger charge is 2.38. The Balaban J connectivity index is 2.12. The predicted octanol–water partition coefficient (Wildman–Crippen LogP) is 2.31. The molecule has 98 valence electrons. The first-order chi connectivity index (χ1) is 8.54. The van der Waals surface area contributed by atoms with E-state index in [2.05, 4.69) is 12.1 Å². The van der Waals surface area contributed by atoms with Gasteiger partial charge in [-0.05, 0) is 31.7 Å². The summed E-state index contributed by atoms with van der Waals surface area (Å²) in [6.45, 7) is 4.47. The summed E-state index contributed by atoms with van der Waals surface area (Å²) in [4.78, 5) is 14.4. The van der Waals surface area contributed by atoms with Crippen LogP contribution in [0.25, 0.3) is 0 Å². The fourth-order valence-electron chi connectivity index (χ4n) is 2.01. The third-order valence-electron chi connectivity index (χ3n) is 3.67. The molecule has 1 aliphatic rings. The molecule has 0 heterocycles. The molecule has 1 aliphatic carbocycles. The predicted molar refractivity (Wildman–Crippen MR) is 72.9 cm³/mol. The minimum atomic E-state index is -0.739. The second-order valence-corrected chi connectivity index (χ2v) is 5.42. The summed E-state index contributed by atoms with van der Waals surface area (Å²) >= 11 is 0. The van der Waals surface area contributed by atoms with Crippen LogP contribution >= 0.6 is 0 Å². The summed E-state index contributed by atoms with van der Waals surface area (Å²) in [5.41, 5.74) is 6.52. The largest absolute Gasteiger partial charge is 0.334 e. The minimum Gasteiger partial charge on any atom is -0.334 e. The molecule has 0 bridgehead atoms. The molecular formula is C15H22N2O. The van der Waals surface area contributed by atoms with Crippen LogP contribution in [0, 0.1) is 0 Å². The van der Waals surface area contributed by atoms with Gasteiger partial charge in [0.2, 0.25) is 5.91 Å². The highest BCUT2D eigenvalue weighted by Crippen LogP contribution is 2.30. The quantitative estimate of drug-likeness (QED) is 0.866. The fraction of sp³-hybridized carbons (Fsp3) is 0.533. The Hall–Kier alpha value is -1.35. The molecule has 3 heteroatoms. The van der Waals surface area contributed by atoms with Crippen molar-refractivity contribution in [1.82, 2.24) is 4.90 Å². The normalized spacial score (nSPS) is 18.2. The van der Waals surface area contributed by atoms with Crippen LogP contribution in [0.3, 0.4) is 0 Å². The standard InChI is InChI=1S/C15H22N2O/c1-3-15(2,16)14(18)17(13-9-10-13)11-12-7-5-4-6-8-12/h4-8,13H,3,9-11,16H2,1-2H3. The zero-order valence-corrected chi connectivity index (χ0v) is 11.2. The monoisotopic (exact) mass is 246 g/mol. The van der Waals surface area contributed by atoms with Gasteiger partial charge in [0.15, 0.2) is 0 Å². The molecule has 0 saturated heterocycles. The average Bonchev–Trinajstić information content (AvgIpc) is 3.20. The van der Waals surface area contributed by atoms with E-state index in [1.165, 1.54) is 5.56 Å². The number of nitrogens with two attached hydrogens (primary N) is 1. The number of carbonyl (C=O) groups is 1. The van der Waals surface area contributed by atoms with Crippen molar-refractivity contribution in [3.05, 3.63) is 35.9 Å². The maximum absolute atomic E-state index is 12.5. The molecular weight excluding hydrogens is 224 g/mol. The van der Waals surface area contributed by atoms with Gasteiger partial charge in [-0.15, -0.1) is 0 Å². The summed E-state index contributed by atoms with van der Waals surface area (Å²) in [7, 11) is 0. The highest BCUT2D eigenvalue weighted by atomic mass is 16.2. The lowest BCUT2D eigenvalue weighted by atomic mass is 9.98. The number of hydrogen-bond acceptors (Lipinski definition) is 2. The van der Waals surface area contributed by atoms with Crippen LogP contribution < -0.4 is 5.73 Å². The maximum Gasteiger partial charge on any atom is 0.242 e. The third kappa shape index (κ3) is 2.91. The van der Waals surface area contributed by atoms with Gasteiger partial charge in [-0.3, -0.25) is 4.79 Å². The van der Waals surface area contributed by atoms with Gasteiger partial charge in [-0.25, -0.2) is 0 Å². The summed E-state index contributed by atoms with van der Waals surface area (Å²) in [6.07, 6.45) is 2.89. The van der Waals surface area contributed by atoms with Gasteiger partial charge in [0.05, 0.1) is 5.54 Å². The van der Waals surface area contributed by atoms with E-state index < -0.39 is 5.54 Å². The summed E-state index contributed by atoms with van der Waals surface area (Å²) in [5.74, 6) is 0.0800. The number of rotatable bonds is 5. The molecule has 1 amide bonds. The van der Waals surface area contributed by atoms with Crippen LogP contribution in [0.15, 0.2) is 30.3 Å². The Morgan fingerprint density at radius 1 is 1.39 bits per heavy atom. The van der Waals surface area contributed by atoms with Gasteiger partial charge in [-0.2, -0.15) is 0 Å². The molecule has 18 heavy (non-hydrogen) atoms. The van der Waals surface area contributed by atoms with E-state index in [1.54, 1.807) is 0 Å². The first kappa shape index (κ1) is 13.1. The lowest BCUT2D eigenvalue weighted by Crippen LogP contribution is -2.53. The lowest BCUT2D eigenvalue weighted by molar-refractivity contribution is -0.137. The number of hydrogen-bond donors (Lipinski definition) is 1. The molecule has 2 N–H and O–H groups in total. The van der Waals surface area contributed by atoms with E-state index in [0.717, 1.165) is 12.8 Å². The van der Waals surface area contributed by atoms with Crippen LogP contribution in [0.4, 0.5) is 0 Å². The van der Waals surface area contributed by atoms with Crippen LogP contribution in [-0.2, 0) is 11.3 Å². The van der Waals surface area contributed by atoms with E-state index in [-0.39, 0.29) is 5.91 Å². The van der Waals surface area contributed by atoms with E-state index >= 15 is 0 Å². The van der Waals surface area contributed by atoms with E-state index in [1.807, 2.05) is 36.9 Å². The molecule has 1 aromatic carbocycles. The molecule has 2 rings (SSSR count). The molecule has 1 fully saturated rings. The van der Waals surface area contributed by atoms with Crippen molar-refractivity contribution in [2.45, 2.75) is 51.2 Å². The summed E-state index contributed by atoms with van der Waals surface area (Å²) < 4.78 is 0. The maximum atomic E-state index is 12.5. The van der Waals surface area contributed by atoms with Crippen LogP contribution in [0.1, 0.15) is 38.7 Å². The zero-order valence-electron chi connectivity index (χ0n) is 11.2. The van der Waals surface area contributed by atoms with Crippen molar-refractivity contribution >= 4 is 5.91 Å². The zero-order chi connectivity index (χ0) is 13.2. The van der Waals surface area contributed by atoms with Gasteiger partial charge in [0.25, 0.3) is 0 Å². The van der Waals surface area contributed by atoms with Crippen molar-refractivity contribution in [2.75, 3.05) is 0 Å². The van der Waals surface area contributed by atoms with Crippen molar-refractivity contribution in [3.63, 3.8) is 0 Å². The van der Waals surface area contributed by atoms with Crippen LogP contribution in [0.2, 0.25) is 0 Å². The molecule has 0 radical (unpaired) electrons. The minimum absolute atomic E-state index is 0.0800. The average molecular weight is 246 g/mol. The van der Waals surface area contributed by atoms with E-state index in [9.17, 15) is 4.79 Å². The molecule has 1 aromatic rings. The van der Waals surface area contributed by atoms with Gasteiger partial charge < -0.3 is 10.6 Å². The number of carbonyl (C=O) groups excluding carboxylic acids is 1. The summed E-state index contributed by atoms with van der Waals surface area (Å²) in [6, 6.07) is 10.5. The van der Waals surface area contributed by atoms with E-state index in [0.29, 0.717) is 19.0 Å². The van der Waals surface area contributed by atoms with Crippen molar-refractivity contribution in [2.24, 2.45) is 5.73 Å². The Kier molecular flexibility index (Phi) is 3.71. The van der Waals surface area contributed by atoms with Gasteiger partial charge in [-0.1, -0.05) is 37.3 Å². The van der Waals surface area contributed by atoms with Crippen LogP contribution in [0.5, 0.6) is 0 Å². The van der Waals surface area contributed by atoms with Gasteiger partial charge >= 0.3 is 0 Å². The second-order valence-electron chi connectivity index (χ2n) is 5.42. The fourth-order valence-corrected chi connectivity index (χ4v) is 2.01. The Morgan fingerprint density at radius 3 is 2.50 bits per heavy atom.